The largest absolute Gasteiger partial charge is 0.393 e. The number of ether oxygens (including phenoxy) is 1. The summed E-state index contributed by atoms with van der Waals surface area (Å²) in [5.41, 5.74) is 6.98. The fourth-order valence-corrected chi connectivity index (χ4v) is 3.72. The van der Waals surface area contributed by atoms with E-state index < -0.39 is 5.91 Å². The van der Waals surface area contributed by atoms with Crippen LogP contribution in [0, 0.1) is 5.92 Å². The normalized spacial score (nSPS) is 29.6. The minimum atomic E-state index is -0.397. The fourth-order valence-electron chi connectivity index (χ4n) is 3.72. The SMILES string of the molecule is NC(=O)c1cccc(CN2CCOCC2C2CCCC2O)c1. The minimum Gasteiger partial charge on any atom is -0.393 e. The second kappa shape index (κ2) is 6.77. The molecule has 2 fully saturated rings. The molecule has 1 saturated carbocycles. The van der Waals surface area contributed by atoms with Crippen molar-refractivity contribution in [3.8, 4) is 0 Å². The Kier molecular flexibility index (Phi) is 4.76. The van der Waals surface area contributed by atoms with Gasteiger partial charge in [-0.1, -0.05) is 18.6 Å². The Bertz CT molecular complexity index is 534. The summed E-state index contributed by atoms with van der Waals surface area (Å²) in [4.78, 5) is 13.7. The lowest BCUT2D eigenvalue weighted by molar-refractivity contribution is -0.0536. The lowest BCUT2D eigenvalue weighted by Crippen LogP contribution is -2.50. The van der Waals surface area contributed by atoms with E-state index in [1.54, 1.807) is 6.07 Å². The van der Waals surface area contributed by atoms with Crippen LogP contribution in [0.1, 0.15) is 35.2 Å². The maximum absolute atomic E-state index is 11.3. The van der Waals surface area contributed by atoms with Crippen molar-refractivity contribution < 1.29 is 14.6 Å². The first kappa shape index (κ1) is 15.5. The molecule has 0 aromatic heterocycles. The van der Waals surface area contributed by atoms with E-state index in [4.69, 9.17) is 10.5 Å². The summed E-state index contributed by atoms with van der Waals surface area (Å²) in [5, 5.41) is 10.2. The summed E-state index contributed by atoms with van der Waals surface area (Å²) in [6.07, 6.45) is 2.83. The quantitative estimate of drug-likeness (QED) is 0.875. The molecule has 3 rings (SSSR count). The minimum absolute atomic E-state index is 0.217. The van der Waals surface area contributed by atoms with E-state index in [0.29, 0.717) is 18.1 Å². The van der Waals surface area contributed by atoms with Crippen LogP contribution in [0.25, 0.3) is 0 Å². The summed E-state index contributed by atoms with van der Waals surface area (Å²) in [5.74, 6) is -0.105. The van der Waals surface area contributed by atoms with Crippen LogP contribution in [0.3, 0.4) is 0 Å². The van der Waals surface area contributed by atoms with Crippen LogP contribution >= 0.6 is 0 Å². The molecule has 1 saturated heterocycles. The van der Waals surface area contributed by atoms with Crippen LogP contribution in [-0.4, -0.2) is 47.8 Å². The molecule has 2 aliphatic rings. The van der Waals surface area contributed by atoms with E-state index in [1.807, 2.05) is 18.2 Å². The van der Waals surface area contributed by atoms with Crippen molar-refractivity contribution in [1.29, 1.82) is 0 Å². The van der Waals surface area contributed by atoms with Crippen LogP contribution in [0.4, 0.5) is 0 Å². The van der Waals surface area contributed by atoms with Gasteiger partial charge in [0.2, 0.25) is 5.91 Å². The number of amides is 1. The zero-order valence-corrected chi connectivity index (χ0v) is 12.8. The van der Waals surface area contributed by atoms with E-state index in [1.165, 1.54) is 0 Å². The van der Waals surface area contributed by atoms with Gasteiger partial charge in [0.25, 0.3) is 0 Å². The molecule has 22 heavy (non-hydrogen) atoms. The lowest BCUT2D eigenvalue weighted by Gasteiger charge is -2.40. The standard InChI is InChI=1S/C17H24N2O3/c18-17(21)13-4-1-3-12(9-13)10-19-7-8-22-11-15(19)14-5-2-6-16(14)20/h1,3-4,9,14-16,20H,2,5-8,10-11H2,(H2,18,21). The maximum Gasteiger partial charge on any atom is 0.248 e. The van der Waals surface area contributed by atoms with Gasteiger partial charge in [0.1, 0.15) is 0 Å². The van der Waals surface area contributed by atoms with Gasteiger partial charge in [0, 0.05) is 30.6 Å². The number of carbonyl (C=O) groups is 1. The van der Waals surface area contributed by atoms with Crippen LogP contribution in [0.15, 0.2) is 24.3 Å². The van der Waals surface area contributed by atoms with Crippen molar-refractivity contribution >= 4 is 5.91 Å². The molecule has 3 atom stereocenters. The highest BCUT2D eigenvalue weighted by atomic mass is 16.5. The third-order valence-corrected chi connectivity index (χ3v) is 4.90. The number of nitrogens with two attached hydrogens (primary N) is 1. The van der Waals surface area contributed by atoms with Crippen LogP contribution in [0.2, 0.25) is 0 Å². The summed E-state index contributed by atoms with van der Waals surface area (Å²) in [6.45, 7) is 3.01. The van der Waals surface area contributed by atoms with Gasteiger partial charge in [-0.25, -0.2) is 0 Å². The highest BCUT2D eigenvalue weighted by molar-refractivity contribution is 5.92. The van der Waals surface area contributed by atoms with Crippen LogP contribution in [0.5, 0.6) is 0 Å². The molecule has 5 nitrogen and oxygen atoms in total. The Morgan fingerprint density at radius 3 is 3.00 bits per heavy atom. The number of aliphatic hydroxyl groups is 1. The van der Waals surface area contributed by atoms with Gasteiger partial charge in [0.15, 0.2) is 0 Å². The zero-order valence-electron chi connectivity index (χ0n) is 12.8. The number of hydrogen-bond donors (Lipinski definition) is 2. The molecule has 1 amide bonds. The Labute approximate surface area is 131 Å². The van der Waals surface area contributed by atoms with Gasteiger partial charge in [-0.05, 0) is 30.5 Å². The molecule has 120 valence electrons. The molecule has 0 bridgehead atoms. The second-order valence-corrected chi connectivity index (χ2v) is 6.34. The zero-order chi connectivity index (χ0) is 15.5. The van der Waals surface area contributed by atoms with Crippen LogP contribution in [-0.2, 0) is 11.3 Å². The summed E-state index contributed by atoms with van der Waals surface area (Å²) in [7, 11) is 0. The van der Waals surface area contributed by atoms with Crippen molar-refractivity contribution in [2.45, 2.75) is 38.0 Å². The third-order valence-electron chi connectivity index (χ3n) is 4.90. The van der Waals surface area contributed by atoms with E-state index in [2.05, 4.69) is 4.90 Å². The smallest absolute Gasteiger partial charge is 0.248 e. The number of morpholine rings is 1. The van der Waals surface area contributed by atoms with Crippen molar-refractivity contribution in [1.82, 2.24) is 4.90 Å². The number of nitrogens with zero attached hydrogens (tertiary/aromatic N) is 1. The first-order valence-corrected chi connectivity index (χ1v) is 8.04. The molecule has 3 N–H and O–H groups in total. The molecule has 1 heterocycles. The van der Waals surface area contributed by atoms with E-state index in [9.17, 15) is 9.90 Å². The molecular weight excluding hydrogens is 280 g/mol. The number of benzene rings is 1. The van der Waals surface area contributed by atoms with Gasteiger partial charge in [-0.2, -0.15) is 0 Å². The highest BCUT2D eigenvalue weighted by Crippen LogP contribution is 2.32. The van der Waals surface area contributed by atoms with Gasteiger partial charge in [-0.3, -0.25) is 9.69 Å². The topological polar surface area (TPSA) is 75.8 Å². The molecule has 1 aromatic rings. The molecule has 0 radical (unpaired) electrons. The summed E-state index contributed by atoms with van der Waals surface area (Å²) in [6, 6.07) is 7.74. The predicted octanol–water partition coefficient (Wildman–Crippen LogP) is 1.15. The van der Waals surface area contributed by atoms with Gasteiger partial charge >= 0.3 is 0 Å². The summed E-state index contributed by atoms with van der Waals surface area (Å²) >= 11 is 0. The van der Waals surface area contributed by atoms with Crippen molar-refractivity contribution in [2.24, 2.45) is 11.7 Å². The molecule has 3 unspecified atom stereocenters. The van der Waals surface area contributed by atoms with E-state index in [0.717, 1.165) is 44.5 Å². The Balaban J connectivity index is 1.74. The number of carbonyl (C=O) groups excluding carboxylic acids is 1. The lowest BCUT2D eigenvalue weighted by atomic mass is 9.94. The monoisotopic (exact) mass is 304 g/mol. The van der Waals surface area contributed by atoms with Gasteiger partial charge < -0.3 is 15.6 Å². The first-order chi connectivity index (χ1) is 10.6. The number of primary amides is 1. The Morgan fingerprint density at radius 2 is 2.27 bits per heavy atom. The van der Waals surface area contributed by atoms with Gasteiger partial charge in [0.05, 0.1) is 19.3 Å². The molecule has 0 spiro atoms. The maximum atomic E-state index is 11.3. The molecule has 1 aromatic carbocycles. The fraction of sp³-hybridized carbons (Fsp3) is 0.588. The Morgan fingerprint density at radius 1 is 1.41 bits per heavy atom. The summed E-state index contributed by atoms with van der Waals surface area (Å²) < 4.78 is 5.65. The van der Waals surface area contributed by atoms with Crippen molar-refractivity contribution in [2.75, 3.05) is 19.8 Å². The van der Waals surface area contributed by atoms with Crippen molar-refractivity contribution in [3.63, 3.8) is 0 Å². The molecule has 1 aliphatic carbocycles. The van der Waals surface area contributed by atoms with Crippen molar-refractivity contribution in [3.05, 3.63) is 35.4 Å². The number of hydrogen-bond acceptors (Lipinski definition) is 4. The average Bonchev–Trinajstić information content (AvgIpc) is 2.94. The third kappa shape index (κ3) is 3.32. The van der Waals surface area contributed by atoms with Gasteiger partial charge in [-0.15, -0.1) is 0 Å². The average molecular weight is 304 g/mol. The van der Waals surface area contributed by atoms with E-state index in [-0.39, 0.29) is 12.1 Å². The van der Waals surface area contributed by atoms with E-state index >= 15 is 0 Å². The first-order valence-electron chi connectivity index (χ1n) is 8.04. The number of aliphatic hydroxyl groups excluding tert-OH is 1. The molecule has 5 heteroatoms. The predicted molar refractivity (Wildman–Crippen MR) is 83.3 cm³/mol. The number of rotatable bonds is 4. The Hall–Kier alpha value is -1.43. The second-order valence-electron chi connectivity index (χ2n) is 6.34. The highest BCUT2D eigenvalue weighted by Gasteiger charge is 2.37. The molecular formula is C17H24N2O3. The molecule has 1 aliphatic heterocycles. The van der Waals surface area contributed by atoms with Crippen LogP contribution < -0.4 is 5.73 Å².